The van der Waals surface area contributed by atoms with Gasteiger partial charge in [0.25, 0.3) is 5.95 Å². The number of alkyl halides is 3. The molecule has 0 radical (unpaired) electrons. The molecule has 38 heavy (non-hydrogen) atoms. The van der Waals surface area contributed by atoms with Gasteiger partial charge in [0.15, 0.2) is 11.6 Å². The van der Waals surface area contributed by atoms with Crippen molar-refractivity contribution < 1.29 is 22.3 Å². The Balaban J connectivity index is 1.22. The maximum Gasteiger partial charge on any atom is 0.418 e. The maximum absolute atomic E-state index is 14.1. The average Bonchev–Trinajstić information content (AvgIpc) is 3.46. The standard InChI is InChI=1S/C24H25F4N9O/c25-20-15-30-23(34-22(20)36-8-10-38-11-9-36)35-31-14-17-2-3-18(13-29-17)33-16-4-5-21(37-7-1-6-32-37)19(12-16)24(26,27)28/h2-5,12-13,15,32-33H,1,6-11,14H2. The fraction of sp³-hybridized carbons (Fsp3) is 0.375. The molecule has 200 valence electrons. The molecular formula is C24H25F4N9O. The third-order valence-corrected chi connectivity index (χ3v) is 5.98. The maximum atomic E-state index is 14.1. The number of nitrogens with zero attached hydrogens (tertiary/aromatic N) is 7. The van der Waals surface area contributed by atoms with Gasteiger partial charge < -0.3 is 20.0 Å². The Hall–Kier alpha value is -3.91. The molecule has 0 bridgehead atoms. The van der Waals surface area contributed by atoms with Gasteiger partial charge >= 0.3 is 6.18 Å². The molecule has 0 unspecified atom stereocenters. The van der Waals surface area contributed by atoms with Crippen LogP contribution in [0, 0.1) is 5.82 Å². The van der Waals surface area contributed by atoms with Crippen LogP contribution >= 0.6 is 0 Å². The van der Waals surface area contributed by atoms with Gasteiger partial charge in [-0.25, -0.2) is 14.8 Å². The smallest absolute Gasteiger partial charge is 0.378 e. The lowest BCUT2D eigenvalue weighted by molar-refractivity contribution is -0.137. The topological polar surface area (TPSA) is 103 Å². The second kappa shape index (κ2) is 11.2. The fourth-order valence-electron chi connectivity index (χ4n) is 4.14. The largest absolute Gasteiger partial charge is 0.418 e. The number of azo groups is 1. The van der Waals surface area contributed by atoms with Crippen molar-refractivity contribution in [1.29, 1.82) is 0 Å². The van der Waals surface area contributed by atoms with Crippen molar-refractivity contribution in [3.05, 3.63) is 59.8 Å². The predicted molar refractivity (Wildman–Crippen MR) is 132 cm³/mol. The van der Waals surface area contributed by atoms with Crippen LogP contribution in [0.1, 0.15) is 17.7 Å². The molecule has 2 fully saturated rings. The summed E-state index contributed by atoms with van der Waals surface area (Å²) < 4.78 is 60.5. The highest BCUT2D eigenvalue weighted by molar-refractivity contribution is 5.66. The summed E-state index contributed by atoms with van der Waals surface area (Å²) in [5.41, 5.74) is 3.72. The zero-order chi connectivity index (χ0) is 26.5. The summed E-state index contributed by atoms with van der Waals surface area (Å²) in [7, 11) is 0. The van der Waals surface area contributed by atoms with Gasteiger partial charge in [-0.15, -0.1) is 5.11 Å². The van der Waals surface area contributed by atoms with E-state index in [4.69, 9.17) is 4.74 Å². The number of aromatic nitrogens is 3. The first-order valence-electron chi connectivity index (χ1n) is 12.0. The molecule has 4 heterocycles. The number of halogens is 4. The van der Waals surface area contributed by atoms with Gasteiger partial charge in [0, 0.05) is 31.9 Å². The molecule has 0 saturated carbocycles. The van der Waals surface area contributed by atoms with E-state index in [1.54, 1.807) is 23.1 Å². The third kappa shape index (κ3) is 6.14. The Labute approximate surface area is 215 Å². The second-order valence-electron chi connectivity index (χ2n) is 8.65. The van der Waals surface area contributed by atoms with Crippen molar-refractivity contribution in [2.45, 2.75) is 19.1 Å². The third-order valence-electron chi connectivity index (χ3n) is 5.98. The molecule has 3 aromatic rings. The highest BCUT2D eigenvalue weighted by Gasteiger charge is 2.36. The highest BCUT2D eigenvalue weighted by atomic mass is 19.4. The summed E-state index contributed by atoms with van der Waals surface area (Å²) in [4.78, 5) is 14.1. The number of ether oxygens (including phenoxy) is 1. The number of hydrogen-bond donors (Lipinski definition) is 2. The molecule has 14 heteroatoms. The van der Waals surface area contributed by atoms with E-state index in [0.717, 1.165) is 18.7 Å². The number of hydrazine groups is 1. The van der Waals surface area contributed by atoms with Crippen LogP contribution in [-0.2, 0) is 17.5 Å². The van der Waals surface area contributed by atoms with Crippen molar-refractivity contribution in [3.8, 4) is 0 Å². The number of benzene rings is 1. The average molecular weight is 532 g/mol. The van der Waals surface area contributed by atoms with Gasteiger partial charge in [0.05, 0.1) is 48.2 Å². The normalized spacial score (nSPS) is 16.4. The van der Waals surface area contributed by atoms with Crippen molar-refractivity contribution >= 4 is 28.8 Å². The Bertz CT molecular complexity index is 1270. The molecule has 0 amide bonds. The van der Waals surface area contributed by atoms with Gasteiger partial charge in [0.1, 0.15) is 6.54 Å². The number of nitrogens with one attached hydrogen (secondary N) is 2. The molecular weight excluding hydrogens is 506 g/mol. The quantitative estimate of drug-likeness (QED) is 0.337. The Morgan fingerprint density at radius 2 is 1.84 bits per heavy atom. The van der Waals surface area contributed by atoms with Crippen LogP contribution in [0.5, 0.6) is 0 Å². The van der Waals surface area contributed by atoms with Crippen LogP contribution in [-0.4, -0.2) is 54.3 Å². The minimum Gasteiger partial charge on any atom is -0.378 e. The summed E-state index contributed by atoms with van der Waals surface area (Å²) in [6.45, 7) is 3.29. The Morgan fingerprint density at radius 3 is 2.55 bits per heavy atom. The van der Waals surface area contributed by atoms with Crippen molar-refractivity contribution in [1.82, 2.24) is 20.4 Å². The molecule has 2 saturated heterocycles. The van der Waals surface area contributed by atoms with E-state index in [9.17, 15) is 17.6 Å². The summed E-state index contributed by atoms with van der Waals surface area (Å²) in [6.07, 6.45) is -1.16. The fourth-order valence-corrected chi connectivity index (χ4v) is 4.14. The number of pyridine rings is 1. The van der Waals surface area contributed by atoms with E-state index < -0.39 is 17.6 Å². The van der Waals surface area contributed by atoms with E-state index in [2.05, 4.69) is 35.9 Å². The van der Waals surface area contributed by atoms with Crippen LogP contribution in [0.3, 0.4) is 0 Å². The lowest BCUT2D eigenvalue weighted by Gasteiger charge is -2.27. The zero-order valence-corrected chi connectivity index (χ0v) is 20.2. The molecule has 0 spiro atoms. The number of anilines is 4. The van der Waals surface area contributed by atoms with Crippen molar-refractivity contribution in [2.24, 2.45) is 10.2 Å². The van der Waals surface area contributed by atoms with Gasteiger partial charge in [-0.3, -0.25) is 4.98 Å². The molecule has 2 aromatic heterocycles. The van der Waals surface area contributed by atoms with E-state index in [-0.39, 0.29) is 24.0 Å². The van der Waals surface area contributed by atoms with Gasteiger partial charge in [-0.2, -0.15) is 23.3 Å². The van der Waals surface area contributed by atoms with Crippen LogP contribution in [0.15, 0.2) is 53.0 Å². The van der Waals surface area contributed by atoms with Crippen LogP contribution in [0.2, 0.25) is 0 Å². The predicted octanol–water partition coefficient (Wildman–Crippen LogP) is 4.61. The SMILES string of the molecule is Fc1cnc(N=NCc2ccc(Nc3ccc(N4CCCN4)c(C(F)(F)F)c3)cn2)nc1N1CCOCC1. The molecule has 1 aromatic carbocycles. The van der Waals surface area contributed by atoms with Crippen molar-refractivity contribution in [2.75, 3.05) is 54.6 Å². The first-order valence-corrected chi connectivity index (χ1v) is 12.0. The Morgan fingerprint density at radius 1 is 1.03 bits per heavy atom. The summed E-state index contributed by atoms with van der Waals surface area (Å²) in [6, 6.07) is 7.50. The molecule has 2 N–H and O–H groups in total. The van der Waals surface area contributed by atoms with E-state index in [1.165, 1.54) is 17.3 Å². The first kappa shape index (κ1) is 25.7. The molecule has 0 atom stereocenters. The lowest BCUT2D eigenvalue weighted by atomic mass is 10.1. The number of morpholine rings is 1. The van der Waals surface area contributed by atoms with Crippen LogP contribution in [0.4, 0.5) is 46.4 Å². The summed E-state index contributed by atoms with van der Waals surface area (Å²) in [5.74, 6) is -0.358. The van der Waals surface area contributed by atoms with Gasteiger partial charge in [0.2, 0.25) is 0 Å². The van der Waals surface area contributed by atoms with E-state index >= 15 is 0 Å². The monoisotopic (exact) mass is 531 g/mol. The van der Waals surface area contributed by atoms with Gasteiger partial charge in [-0.1, -0.05) is 0 Å². The second-order valence-corrected chi connectivity index (χ2v) is 8.65. The van der Waals surface area contributed by atoms with E-state index in [0.29, 0.717) is 56.5 Å². The molecule has 0 aliphatic carbocycles. The first-order chi connectivity index (χ1) is 18.4. The van der Waals surface area contributed by atoms with Crippen LogP contribution < -0.4 is 20.7 Å². The Kier molecular flexibility index (Phi) is 7.60. The minimum atomic E-state index is -4.50. The molecule has 5 rings (SSSR count). The zero-order valence-electron chi connectivity index (χ0n) is 20.2. The van der Waals surface area contributed by atoms with Crippen molar-refractivity contribution in [3.63, 3.8) is 0 Å². The van der Waals surface area contributed by atoms with E-state index in [1.807, 2.05) is 0 Å². The molecule has 2 aliphatic rings. The minimum absolute atomic E-state index is 0.0271. The summed E-state index contributed by atoms with van der Waals surface area (Å²) >= 11 is 0. The van der Waals surface area contributed by atoms with Crippen LogP contribution in [0.25, 0.3) is 0 Å². The molecule has 2 aliphatic heterocycles. The number of rotatable bonds is 7. The van der Waals surface area contributed by atoms with Gasteiger partial charge in [-0.05, 0) is 36.8 Å². The lowest BCUT2D eigenvalue weighted by Crippen LogP contribution is -2.37. The number of hydrogen-bond acceptors (Lipinski definition) is 10. The highest BCUT2D eigenvalue weighted by Crippen LogP contribution is 2.39. The molecule has 10 nitrogen and oxygen atoms in total. The summed E-state index contributed by atoms with van der Waals surface area (Å²) in [5, 5.41) is 12.5.